The summed E-state index contributed by atoms with van der Waals surface area (Å²) in [7, 11) is 1.54. The smallest absolute Gasteiger partial charge is 0.261 e. The predicted octanol–water partition coefficient (Wildman–Crippen LogP) is 6.45. The van der Waals surface area contributed by atoms with E-state index in [1.54, 1.807) is 19.2 Å². The van der Waals surface area contributed by atoms with E-state index in [2.05, 4.69) is 41.6 Å². The number of hydrogen-bond acceptors (Lipinski definition) is 5. The van der Waals surface area contributed by atoms with Gasteiger partial charge in [-0.1, -0.05) is 32.0 Å². The lowest BCUT2D eigenvalue weighted by Gasteiger charge is -2.13. The second-order valence-electron chi connectivity index (χ2n) is 8.20. The Labute approximate surface area is 204 Å². The number of benzene rings is 3. The molecule has 0 saturated heterocycles. The SMILES string of the molecule is CC[C@H](C)c1ccc2oc(-c3ccc(NC(=S)NC(=O)c4cccc(C)c4OC)cc3)nc2c1. The summed E-state index contributed by atoms with van der Waals surface area (Å²) in [5, 5.41) is 5.93. The van der Waals surface area contributed by atoms with E-state index in [1.165, 1.54) is 5.56 Å². The molecule has 174 valence electrons. The molecule has 0 aliphatic rings. The van der Waals surface area contributed by atoms with Crippen LogP contribution in [0.4, 0.5) is 5.69 Å². The first-order chi connectivity index (χ1) is 16.4. The van der Waals surface area contributed by atoms with Crippen molar-refractivity contribution in [3.05, 3.63) is 77.4 Å². The number of amides is 1. The normalized spacial score (nSPS) is 11.8. The van der Waals surface area contributed by atoms with Gasteiger partial charge in [-0.3, -0.25) is 10.1 Å². The van der Waals surface area contributed by atoms with Crippen LogP contribution >= 0.6 is 12.2 Å². The van der Waals surface area contributed by atoms with Crippen molar-refractivity contribution in [2.75, 3.05) is 12.4 Å². The molecule has 0 saturated carbocycles. The van der Waals surface area contributed by atoms with Gasteiger partial charge in [-0.05, 0) is 85.1 Å². The van der Waals surface area contributed by atoms with E-state index >= 15 is 0 Å². The molecule has 1 aromatic heterocycles. The summed E-state index contributed by atoms with van der Waals surface area (Å²) < 4.78 is 11.3. The second-order valence-corrected chi connectivity index (χ2v) is 8.61. The fourth-order valence-electron chi connectivity index (χ4n) is 3.74. The van der Waals surface area contributed by atoms with Gasteiger partial charge in [0.05, 0.1) is 12.7 Å². The highest BCUT2D eigenvalue weighted by atomic mass is 32.1. The minimum absolute atomic E-state index is 0.195. The van der Waals surface area contributed by atoms with Crippen molar-refractivity contribution in [2.24, 2.45) is 0 Å². The van der Waals surface area contributed by atoms with E-state index < -0.39 is 0 Å². The number of para-hydroxylation sites is 1. The molecule has 34 heavy (non-hydrogen) atoms. The molecule has 1 atom stereocenters. The number of aromatic nitrogens is 1. The molecule has 1 amide bonds. The van der Waals surface area contributed by atoms with Crippen molar-refractivity contribution in [3.8, 4) is 17.2 Å². The van der Waals surface area contributed by atoms with Crippen molar-refractivity contribution in [1.82, 2.24) is 10.3 Å². The van der Waals surface area contributed by atoms with Gasteiger partial charge >= 0.3 is 0 Å². The zero-order valence-corrected chi connectivity index (χ0v) is 20.5. The summed E-state index contributed by atoms with van der Waals surface area (Å²) in [5.41, 5.74) is 5.76. The standard InChI is InChI=1S/C27H27N3O3S/c1-5-16(2)19-11-14-23-22(15-19)29-26(33-23)18-9-12-20(13-10-18)28-27(34)30-25(31)21-8-6-7-17(3)24(21)32-4/h6-16H,5H2,1-4H3,(H2,28,30,31,34)/t16-/m0/s1. The van der Waals surface area contributed by atoms with Crippen LogP contribution in [0.1, 0.15) is 47.7 Å². The first-order valence-corrected chi connectivity index (χ1v) is 11.6. The first-order valence-electron chi connectivity index (χ1n) is 11.2. The molecule has 0 spiro atoms. The Hall–Kier alpha value is -3.71. The van der Waals surface area contributed by atoms with Crippen molar-refractivity contribution in [3.63, 3.8) is 0 Å². The molecule has 0 aliphatic carbocycles. The van der Waals surface area contributed by atoms with Crippen molar-refractivity contribution in [2.45, 2.75) is 33.1 Å². The number of nitrogens with zero attached hydrogens (tertiary/aromatic N) is 1. The number of hydrogen-bond donors (Lipinski definition) is 2. The van der Waals surface area contributed by atoms with E-state index in [4.69, 9.17) is 21.4 Å². The summed E-state index contributed by atoms with van der Waals surface area (Å²) in [6.07, 6.45) is 1.07. The monoisotopic (exact) mass is 473 g/mol. The largest absolute Gasteiger partial charge is 0.496 e. The highest BCUT2D eigenvalue weighted by molar-refractivity contribution is 7.80. The number of fused-ring (bicyclic) bond motifs is 1. The van der Waals surface area contributed by atoms with Gasteiger partial charge in [0, 0.05) is 11.3 Å². The predicted molar refractivity (Wildman–Crippen MR) is 140 cm³/mol. The van der Waals surface area contributed by atoms with Crippen LogP contribution in [0.3, 0.4) is 0 Å². The molecule has 7 heteroatoms. The molecule has 0 fully saturated rings. The lowest BCUT2D eigenvalue weighted by molar-refractivity contribution is 0.0974. The number of carbonyl (C=O) groups is 1. The van der Waals surface area contributed by atoms with E-state index in [9.17, 15) is 4.79 Å². The third-order valence-corrected chi connectivity index (χ3v) is 6.07. The molecular formula is C27H27N3O3S. The number of anilines is 1. The average molecular weight is 474 g/mol. The second kappa shape index (κ2) is 10.1. The summed E-state index contributed by atoms with van der Waals surface area (Å²) in [4.78, 5) is 17.3. The van der Waals surface area contributed by atoms with Crippen LogP contribution in [-0.2, 0) is 0 Å². The molecule has 6 nitrogen and oxygen atoms in total. The Balaban J connectivity index is 1.44. The van der Waals surface area contributed by atoms with Gasteiger partial charge in [-0.2, -0.15) is 0 Å². The summed E-state index contributed by atoms with van der Waals surface area (Å²) in [6, 6.07) is 19.1. The highest BCUT2D eigenvalue weighted by Crippen LogP contribution is 2.28. The number of rotatable bonds is 6. The quantitative estimate of drug-likeness (QED) is 0.313. The summed E-state index contributed by atoms with van der Waals surface area (Å²) in [6.45, 7) is 6.27. The van der Waals surface area contributed by atoms with Gasteiger partial charge in [0.1, 0.15) is 11.3 Å². The Morgan fingerprint density at radius 3 is 2.62 bits per heavy atom. The summed E-state index contributed by atoms with van der Waals surface area (Å²) >= 11 is 5.32. The maximum absolute atomic E-state index is 12.6. The average Bonchev–Trinajstić information content (AvgIpc) is 3.27. The van der Waals surface area contributed by atoms with Crippen molar-refractivity contribution < 1.29 is 13.9 Å². The minimum Gasteiger partial charge on any atom is -0.496 e. The minimum atomic E-state index is -0.335. The number of methoxy groups -OCH3 is 1. The maximum Gasteiger partial charge on any atom is 0.261 e. The van der Waals surface area contributed by atoms with E-state index in [0.717, 1.165) is 34.3 Å². The molecule has 2 N–H and O–H groups in total. The van der Waals surface area contributed by atoms with Crippen LogP contribution < -0.4 is 15.4 Å². The van der Waals surface area contributed by atoms with E-state index in [-0.39, 0.29) is 11.0 Å². The maximum atomic E-state index is 12.6. The first kappa shape index (κ1) is 23.4. The third-order valence-electron chi connectivity index (χ3n) is 5.87. The molecule has 1 heterocycles. The highest BCUT2D eigenvalue weighted by Gasteiger charge is 2.15. The van der Waals surface area contributed by atoms with Gasteiger partial charge in [0.25, 0.3) is 5.91 Å². The van der Waals surface area contributed by atoms with Gasteiger partial charge < -0.3 is 14.5 Å². The van der Waals surface area contributed by atoms with Crippen LogP contribution in [0.2, 0.25) is 0 Å². The van der Waals surface area contributed by atoms with Crippen LogP contribution in [0, 0.1) is 6.92 Å². The summed E-state index contributed by atoms with van der Waals surface area (Å²) in [5.74, 6) is 1.23. The van der Waals surface area contributed by atoms with Crippen LogP contribution in [0.15, 0.2) is 65.1 Å². The molecule has 0 radical (unpaired) electrons. The Morgan fingerprint density at radius 1 is 1.15 bits per heavy atom. The van der Waals surface area contributed by atoms with Crippen molar-refractivity contribution >= 4 is 40.0 Å². The molecule has 0 aliphatic heterocycles. The number of oxazole rings is 1. The Kier molecular flexibility index (Phi) is 6.93. The molecule has 4 aromatic rings. The van der Waals surface area contributed by atoms with E-state index in [0.29, 0.717) is 23.1 Å². The molecule has 4 rings (SSSR count). The zero-order valence-electron chi connectivity index (χ0n) is 19.6. The van der Waals surface area contributed by atoms with Gasteiger partial charge in [0.15, 0.2) is 10.7 Å². The number of carbonyl (C=O) groups excluding carboxylic acids is 1. The van der Waals surface area contributed by atoms with Crippen LogP contribution in [-0.4, -0.2) is 23.1 Å². The Bertz CT molecular complexity index is 1350. The molecule has 0 unspecified atom stereocenters. The molecule has 0 bridgehead atoms. The zero-order chi connectivity index (χ0) is 24.2. The number of aryl methyl sites for hydroxylation is 1. The van der Waals surface area contributed by atoms with Gasteiger partial charge in [0.2, 0.25) is 5.89 Å². The lowest BCUT2D eigenvalue weighted by atomic mass is 9.98. The van der Waals surface area contributed by atoms with Crippen molar-refractivity contribution in [1.29, 1.82) is 0 Å². The van der Waals surface area contributed by atoms with Crippen LogP contribution in [0.25, 0.3) is 22.6 Å². The fraction of sp³-hybridized carbons (Fsp3) is 0.222. The number of ether oxygens (including phenoxy) is 1. The fourth-order valence-corrected chi connectivity index (χ4v) is 3.95. The third kappa shape index (κ3) is 4.94. The lowest BCUT2D eigenvalue weighted by Crippen LogP contribution is -2.34. The molecule has 3 aromatic carbocycles. The van der Waals surface area contributed by atoms with E-state index in [1.807, 2.05) is 43.3 Å². The van der Waals surface area contributed by atoms with Gasteiger partial charge in [-0.25, -0.2) is 4.98 Å². The van der Waals surface area contributed by atoms with Gasteiger partial charge in [-0.15, -0.1) is 0 Å². The molecular weight excluding hydrogens is 446 g/mol. The van der Waals surface area contributed by atoms with Crippen LogP contribution in [0.5, 0.6) is 5.75 Å². The number of nitrogens with one attached hydrogen (secondary N) is 2. The topological polar surface area (TPSA) is 76.4 Å². The Morgan fingerprint density at radius 2 is 1.91 bits per heavy atom. The number of thiocarbonyl (C=S) groups is 1.